The van der Waals surface area contributed by atoms with Crippen molar-refractivity contribution in [3.8, 4) is 66.8 Å². The van der Waals surface area contributed by atoms with Crippen LogP contribution in [0, 0.1) is 71.0 Å². The molecule has 12 bridgehead atoms. The fraction of sp³-hybridized carbons (Fsp3) is 0.273. The van der Waals surface area contributed by atoms with Gasteiger partial charge < -0.3 is 19.1 Å². The minimum atomic E-state index is -0.0843. The summed E-state index contributed by atoms with van der Waals surface area (Å²) in [7, 11) is 0. The van der Waals surface area contributed by atoms with E-state index in [2.05, 4.69) is 438 Å². The highest BCUT2D eigenvalue weighted by atomic mass is 16.3. The first kappa shape index (κ1) is 85.9. The molecule has 147 heavy (non-hydrogen) atoms. The summed E-state index contributed by atoms with van der Waals surface area (Å²) >= 11 is 0. The molecule has 1 aromatic heterocycles. The molecule has 12 saturated carbocycles. The number of para-hydroxylation sites is 1. The van der Waals surface area contributed by atoms with Gasteiger partial charge in [-0.1, -0.05) is 308 Å². The van der Waals surface area contributed by atoms with Crippen LogP contribution < -0.4 is 14.7 Å². The van der Waals surface area contributed by atoms with Crippen molar-refractivity contribution < 1.29 is 4.42 Å². The largest absolute Gasteiger partial charge is 0.456 e. The molecule has 716 valence electrons. The smallest absolute Gasteiger partial charge is 0.137 e. The summed E-state index contributed by atoms with van der Waals surface area (Å²) in [5, 5.41) is 7.42. The zero-order chi connectivity index (χ0) is 97.2. The highest BCUT2D eigenvalue weighted by Gasteiger charge is 2.65. The van der Waals surface area contributed by atoms with E-state index < -0.39 is 0 Å². The third-order valence-electron chi connectivity index (χ3n) is 41.5. The summed E-state index contributed by atoms with van der Waals surface area (Å²) < 4.78 is 6.49. The number of anilines is 9. The number of nitrogens with zero attached hydrogens (tertiary/aromatic N) is 3. The molecule has 0 amide bonds. The van der Waals surface area contributed by atoms with Gasteiger partial charge in [0.15, 0.2) is 0 Å². The molecule has 18 aromatic carbocycles. The number of furan rings is 1. The molecular weight excluding hydrogens is 1780 g/mol. The quantitative estimate of drug-likeness (QED) is 0.144. The highest BCUT2D eigenvalue weighted by molar-refractivity contribution is 6.07. The minimum absolute atomic E-state index is 0.0558. The zero-order valence-corrected chi connectivity index (χ0v) is 85.2. The van der Waals surface area contributed by atoms with E-state index in [1.54, 1.807) is 33.4 Å². The van der Waals surface area contributed by atoms with Crippen molar-refractivity contribution in [3.05, 3.63) is 449 Å². The summed E-state index contributed by atoms with van der Waals surface area (Å²) in [5.74, 6) is 10.3. The van der Waals surface area contributed by atoms with Crippen LogP contribution in [0.15, 0.2) is 387 Å². The summed E-state index contributed by atoms with van der Waals surface area (Å²) in [6, 6.07) is 146. The van der Waals surface area contributed by atoms with Gasteiger partial charge in [-0.2, -0.15) is 0 Å². The van der Waals surface area contributed by atoms with Gasteiger partial charge in [-0.05, 0) is 426 Å². The van der Waals surface area contributed by atoms with Crippen molar-refractivity contribution in [1.82, 2.24) is 0 Å². The summed E-state index contributed by atoms with van der Waals surface area (Å²) in [4.78, 5) is 7.56. The van der Waals surface area contributed by atoms with Crippen molar-refractivity contribution in [3.63, 3.8) is 0 Å². The average molecular weight is 1900 g/mol. The molecule has 0 N–H and O–H groups in total. The molecule has 4 heteroatoms. The molecule has 0 unspecified atom stereocenters. The lowest BCUT2D eigenvalue weighted by Gasteiger charge is -2.61. The normalized spacial score (nSPS) is 26.1. The number of rotatable bonds is 9. The lowest BCUT2D eigenvalue weighted by Crippen LogP contribution is -2.55. The van der Waals surface area contributed by atoms with Crippen molar-refractivity contribution in [2.75, 3.05) is 14.7 Å². The van der Waals surface area contributed by atoms with Gasteiger partial charge in [-0.15, -0.1) is 0 Å². The zero-order valence-electron chi connectivity index (χ0n) is 85.2. The van der Waals surface area contributed by atoms with E-state index in [1.165, 1.54) is 263 Å². The van der Waals surface area contributed by atoms with Gasteiger partial charge in [0.25, 0.3) is 0 Å². The maximum absolute atomic E-state index is 6.49. The molecule has 3 spiro atoms. The van der Waals surface area contributed by atoms with Crippen molar-refractivity contribution in [2.24, 2.45) is 71.0 Å². The molecule has 0 aliphatic heterocycles. The number of hydrogen-bond acceptors (Lipinski definition) is 4. The number of fused-ring (bicyclic) bond motifs is 23. The second-order valence-electron chi connectivity index (χ2n) is 49.4. The van der Waals surface area contributed by atoms with Crippen molar-refractivity contribution in [1.29, 1.82) is 0 Å². The van der Waals surface area contributed by atoms with Crippen LogP contribution in [0.3, 0.4) is 0 Å². The average Bonchev–Trinajstić information content (AvgIpc) is 1.53. The molecule has 0 saturated heterocycles. The molecule has 19 aromatic rings. The maximum atomic E-state index is 6.49. The van der Waals surface area contributed by atoms with Gasteiger partial charge in [0.05, 0.1) is 5.69 Å². The Kier molecular flexibility index (Phi) is 18.2. The van der Waals surface area contributed by atoms with Crippen LogP contribution in [-0.2, 0) is 32.5 Å². The first-order valence-electron chi connectivity index (χ1n) is 55.7. The summed E-state index contributed by atoms with van der Waals surface area (Å²) in [5.41, 5.74) is 48.2. The monoisotopic (exact) mass is 1900 g/mol. The topological polar surface area (TPSA) is 22.9 Å². The fourth-order valence-corrected chi connectivity index (χ4v) is 36.2. The molecule has 12 fully saturated rings. The second kappa shape index (κ2) is 31.2. The van der Waals surface area contributed by atoms with Crippen LogP contribution in [0.1, 0.15) is 205 Å². The van der Waals surface area contributed by atoms with E-state index in [0.717, 1.165) is 98.6 Å². The van der Waals surface area contributed by atoms with Crippen LogP contribution in [0.25, 0.3) is 110 Å². The van der Waals surface area contributed by atoms with E-state index in [1.807, 2.05) is 0 Å². The Bertz CT molecular complexity index is 8730. The SMILES string of the molecule is CC1(C)c2ccccc2-c2ccc(N(c3ccc4c(c3)-c3ccccc3C43C4CC5CC(C4)CC3C5)c3ccc4c(c3)oc3ccccc34)cc21.CC1(C)c2ccccc2-c2ccc(N(c3ccc4c(c3)-c3ccccc3C43C4CC5CC(C4)CC3C5)c3ccc4ccccc4c3)cc21.CC1(C)c2ccccc2-c2ccc(N(c3ccc4c(c3)-c3ccccc3C43C4CC5CC(C4)CC3C5)c3cccc4ccccc34)cc21. The molecule has 18 aliphatic rings. The first-order chi connectivity index (χ1) is 72.0. The second-order valence-corrected chi connectivity index (χ2v) is 49.4. The standard InChI is InChI=1S/C49H41NO.2C47H41N/c1-48(2)42-12-6-3-9-36(42)38-18-15-34(27-45(38)48)50(35-16-19-40-39-11-5-8-14-46(39)51-47(40)28-35)33-17-20-44-41(26-33)37-10-4-7-13-43(37)49(44)31-22-29-21-30(24-31)25-32(49)23-29;1-46(2)41-15-7-5-13-37(41)39-20-18-35(28-44(39)46)48(45-17-9-11-31-10-3-4-12-36(31)45)34-19-21-43-40(27-34)38-14-6-8-16-42(38)47(43)32-23-29-22-30(25-32)26-33(47)24-29;1-46(2)42-13-7-5-11-38(42)40-19-17-37(28-45(40)46)48(35-16-15-31-9-3-4-10-32(31)26-35)36-18-20-44-41(27-36)39-12-6-8-14-43(39)47(44)33-22-29-21-30(24-33)25-34(47)23-29/h3-20,26-32H,21-25H2,1-2H3;3-21,27-30,32-33H,22-26H2,1-2H3;3-20,26-30,33-34H,21-25H2,1-2H3. The first-order valence-corrected chi connectivity index (χ1v) is 55.7. The van der Waals surface area contributed by atoms with E-state index >= 15 is 0 Å². The molecule has 1 heterocycles. The van der Waals surface area contributed by atoms with Crippen LogP contribution in [-0.4, -0.2) is 0 Å². The fourth-order valence-electron chi connectivity index (χ4n) is 36.2. The predicted molar refractivity (Wildman–Crippen MR) is 608 cm³/mol. The van der Waals surface area contributed by atoms with Gasteiger partial charge >= 0.3 is 0 Å². The number of hydrogen-bond donors (Lipinski definition) is 0. The number of benzene rings is 18. The van der Waals surface area contributed by atoms with E-state index in [-0.39, 0.29) is 32.5 Å². The Morgan fingerprint density at radius 1 is 0.177 bits per heavy atom. The van der Waals surface area contributed by atoms with Crippen molar-refractivity contribution >= 4 is 94.7 Å². The molecule has 0 radical (unpaired) electrons. The molecule has 0 atom stereocenters. The lowest BCUT2D eigenvalue weighted by molar-refractivity contribution is -0.0399. The molecular formula is C143H123N3O. The third-order valence-corrected chi connectivity index (χ3v) is 41.5. The van der Waals surface area contributed by atoms with Gasteiger partial charge in [-0.3, -0.25) is 0 Å². The Labute approximate surface area is 864 Å². The van der Waals surface area contributed by atoms with Crippen LogP contribution in [0.4, 0.5) is 51.2 Å². The maximum Gasteiger partial charge on any atom is 0.137 e. The lowest BCUT2D eigenvalue weighted by atomic mass is 9.43. The van der Waals surface area contributed by atoms with Gasteiger partial charge in [-0.25, -0.2) is 0 Å². The van der Waals surface area contributed by atoms with Crippen LogP contribution >= 0.6 is 0 Å². The van der Waals surface area contributed by atoms with Gasteiger partial charge in [0.2, 0.25) is 0 Å². The van der Waals surface area contributed by atoms with Crippen LogP contribution in [0.5, 0.6) is 0 Å². The highest BCUT2D eigenvalue weighted by Crippen LogP contribution is 2.75. The Morgan fingerprint density at radius 2 is 0.449 bits per heavy atom. The Morgan fingerprint density at radius 3 is 0.864 bits per heavy atom. The van der Waals surface area contributed by atoms with Crippen molar-refractivity contribution in [2.45, 2.75) is 170 Å². The minimum Gasteiger partial charge on any atom is -0.456 e. The molecule has 18 aliphatic carbocycles. The summed E-state index contributed by atoms with van der Waals surface area (Å²) in [6.45, 7) is 14.3. The Balaban J connectivity index is 0.0000000980. The van der Waals surface area contributed by atoms with E-state index in [4.69, 9.17) is 4.42 Å². The molecule has 37 rings (SSSR count). The summed E-state index contributed by atoms with van der Waals surface area (Å²) in [6.07, 6.45) is 21.4. The molecule has 4 nitrogen and oxygen atoms in total. The Hall–Kier alpha value is -14.3. The van der Waals surface area contributed by atoms with Gasteiger partial charge in [0.1, 0.15) is 11.2 Å². The van der Waals surface area contributed by atoms with E-state index in [9.17, 15) is 0 Å². The van der Waals surface area contributed by atoms with Gasteiger partial charge in [0, 0.05) is 100 Å². The third kappa shape index (κ3) is 11.9. The van der Waals surface area contributed by atoms with Crippen LogP contribution in [0.2, 0.25) is 0 Å². The van der Waals surface area contributed by atoms with E-state index in [0.29, 0.717) is 0 Å². The predicted octanol–water partition coefficient (Wildman–Crippen LogP) is 37.8.